The highest BCUT2D eigenvalue weighted by Gasteiger charge is 2.14. The molecule has 3 N–H and O–H groups in total. The average molecular weight is 410 g/mol. The zero-order valence-electron chi connectivity index (χ0n) is 17.3. The van der Waals surface area contributed by atoms with E-state index in [1.807, 2.05) is 30.3 Å². The molecule has 8 heteroatoms. The van der Waals surface area contributed by atoms with E-state index in [1.54, 1.807) is 45.0 Å². The molecule has 30 heavy (non-hydrogen) atoms. The molecule has 0 aliphatic heterocycles. The number of hydrazone groups is 1. The Bertz CT molecular complexity index is 893. The van der Waals surface area contributed by atoms with Crippen LogP contribution in [0.3, 0.4) is 0 Å². The van der Waals surface area contributed by atoms with E-state index in [0.29, 0.717) is 23.8 Å². The summed E-state index contributed by atoms with van der Waals surface area (Å²) in [6.07, 6.45) is -0.0294. The lowest BCUT2D eigenvalue weighted by molar-refractivity contribution is -0.139. The second-order valence-corrected chi connectivity index (χ2v) is 6.94. The summed E-state index contributed by atoms with van der Waals surface area (Å²) < 4.78 is 5.71. The van der Waals surface area contributed by atoms with Crippen LogP contribution in [0.4, 0.5) is 5.69 Å². The SMILES string of the molecule is C/C(CC(=O)Nc1ccc(OCc2ccccc2)cc1)=N/NC(=O)C(=O)NC(C)C. The van der Waals surface area contributed by atoms with E-state index in [1.165, 1.54) is 0 Å². The van der Waals surface area contributed by atoms with Gasteiger partial charge in [0.05, 0.1) is 6.42 Å². The Kier molecular flexibility index (Phi) is 8.56. The number of carbonyl (C=O) groups excluding carboxylic acids is 3. The summed E-state index contributed by atoms with van der Waals surface area (Å²) in [5, 5.41) is 8.97. The number of hydrogen-bond donors (Lipinski definition) is 3. The molecule has 0 saturated carbocycles. The average Bonchev–Trinajstić information content (AvgIpc) is 2.71. The zero-order chi connectivity index (χ0) is 21.9. The first-order valence-electron chi connectivity index (χ1n) is 9.54. The minimum absolute atomic E-state index is 0.0294. The fourth-order valence-corrected chi connectivity index (χ4v) is 2.38. The van der Waals surface area contributed by atoms with E-state index >= 15 is 0 Å². The molecule has 0 aliphatic rings. The van der Waals surface area contributed by atoms with Crippen LogP contribution < -0.4 is 20.8 Å². The van der Waals surface area contributed by atoms with Gasteiger partial charge in [0.25, 0.3) is 0 Å². The quantitative estimate of drug-likeness (QED) is 0.353. The van der Waals surface area contributed by atoms with Crippen LogP contribution >= 0.6 is 0 Å². The van der Waals surface area contributed by atoms with Crippen molar-refractivity contribution in [1.82, 2.24) is 10.7 Å². The normalized spacial score (nSPS) is 11.0. The summed E-state index contributed by atoms with van der Waals surface area (Å²) >= 11 is 0. The molecule has 0 aliphatic carbocycles. The van der Waals surface area contributed by atoms with E-state index in [0.717, 1.165) is 5.56 Å². The first kappa shape index (κ1) is 22.6. The Morgan fingerprint density at radius 1 is 0.967 bits per heavy atom. The molecule has 0 aromatic heterocycles. The van der Waals surface area contributed by atoms with Crippen molar-refractivity contribution in [3.05, 3.63) is 60.2 Å². The number of benzene rings is 2. The maximum atomic E-state index is 12.1. The van der Waals surface area contributed by atoms with E-state index < -0.39 is 11.8 Å². The first-order valence-corrected chi connectivity index (χ1v) is 9.54. The van der Waals surface area contributed by atoms with Crippen LogP contribution in [0.25, 0.3) is 0 Å². The fraction of sp³-hybridized carbons (Fsp3) is 0.273. The van der Waals surface area contributed by atoms with Crippen molar-refractivity contribution >= 4 is 29.1 Å². The van der Waals surface area contributed by atoms with Gasteiger partial charge in [-0.1, -0.05) is 30.3 Å². The van der Waals surface area contributed by atoms with Crippen molar-refractivity contribution in [2.45, 2.75) is 39.8 Å². The van der Waals surface area contributed by atoms with E-state index in [9.17, 15) is 14.4 Å². The molecule has 0 radical (unpaired) electrons. The Labute approximate surface area is 175 Å². The van der Waals surface area contributed by atoms with Gasteiger partial charge < -0.3 is 15.4 Å². The highest BCUT2D eigenvalue weighted by Crippen LogP contribution is 2.17. The Morgan fingerprint density at radius 2 is 1.63 bits per heavy atom. The highest BCUT2D eigenvalue weighted by molar-refractivity contribution is 6.35. The van der Waals surface area contributed by atoms with Crippen LogP contribution in [0.15, 0.2) is 59.7 Å². The third kappa shape index (κ3) is 8.14. The van der Waals surface area contributed by atoms with Gasteiger partial charge in [-0.05, 0) is 50.6 Å². The van der Waals surface area contributed by atoms with Crippen LogP contribution in [-0.2, 0) is 21.0 Å². The van der Waals surface area contributed by atoms with Gasteiger partial charge >= 0.3 is 11.8 Å². The summed E-state index contributed by atoms with van der Waals surface area (Å²) in [7, 11) is 0. The van der Waals surface area contributed by atoms with Gasteiger partial charge in [-0.2, -0.15) is 5.10 Å². The molecule has 2 aromatic carbocycles. The van der Waals surface area contributed by atoms with Gasteiger partial charge in [0, 0.05) is 17.4 Å². The van der Waals surface area contributed by atoms with Crippen LogP contribution in [0.5, 0.6) is 5.75 Å². The summed E-state index contributed by atoms with van der Waals surface area (Å²) in [6, 6.07) is 16.7. The largest absolute Gasteiger partial charge is 0.489 e. The molecule has 0 unspecified atom stereocenters. The molecule has 3 amide bonds. The molecule has 158 valence electrons. The summed E-state index contributed by atoms with van der Waals surface area (Å²) in [5.41, 5.74) is 4.17. The number of carbonyl (C=O) groups is 3. The lowest BCUT2D eigenvalue weighted by Gasteiger charge is -2.09. The molecule has 2 rings (SSSR count). The number of nitrogens with one attached hydrogen (secondary N) is 3. The number of ether oxygens (including phenoxy) is 1. The van der Waals surface area contributed by atoms with Gasteiger partial charge in [0.1, 0.15) is 12.4 Å². The van der Waals surface area contributed by atoms with Gasteiger partial charge in [0.15, 0.2) is 0 Å². The van der Waals surface area contributed by atoms with Crippen molar-refractivity contribution in [1.29, 1.82) is 0 Å². The third-order valence-corrected chi connectivity index (χ3v) is 3.78. The first-order chi connectivity index (χ1) is 14.3. The smallest absolute Gasteiger partial charge is 0.329 e. The summed E-state index contributed by atoms with van der Waals surface area (Å²) in [4.78, 5) is 35.2. The predicted molar refractivity (Wildman–Crippen MR) is 115 cm³/mol. The molecule has 0 spiro atoms. The van der Waals surface area contributed by atoms with E-state index in [2.05, 4.69) is 21.2 Å². The topological polar surface area (TPSA) is 109 Å². The van der Waals surface area contributed by atoms with Crippen LogP contribution in [0, 0.1) is 0 Å². The second-order valence-electron chi connectivity index (χ2n) is 6.94. The van der Waals surface area contributed by atoms with Crippen molar-refractivity contribution in [3.8, 4) is 5.75 Å². The van der Waals surface area contributed by atoms with Gasteiger partial charge in [-0.3, -0.25) is 14.4 Å². The van der Waals surface area contributed by atoms with Crippen LogP contribution in [-0.4, -0.2) is 29.5 Å². The number of anilines is 1. The van der Waals surface area contributed by atoms with Crippen molar-refractivity contribution < 1.29 is 19.1 Å². The Morgan fingerprint density at radius 3 is 2.27 bits per heavy atom. The minimum Gasteiger partial charge on any atom is -0.489 e. The number of nitrogens with zero attached hydrogens (tertiary/aromatic N) is 1. The second kappa shape index (κ2) is 11.4. The molecule has 0 saturated heterocycles. The molecular weight excluding hydrogens is 384 g/mol. The van der Waals surface area contributed by atoms with E-state index in [4.69, 9.17) is 4.74 Å². The molecule has 2 aromatic rings. The standard InChI is InChI=1S/C22H26N4O4/c1-15(2)23-21(28)22(29)26-25-16(3)13-20(27)24-18-9-11-19(12-10-18)30-14-17-7-5-4-6-8-17/h4-12,15H,13-14H2,1-3H3,(H,23,28)(H,24,27)(H,26,29)/b25-16-. The molecule has 0 atom stereocenters. The fourth-order valence-electron chi connectivity index (χ4n) is 2.38. The Balaban J connectivity index is 1.78. The number of hydrogen-bond acceptors (Lipinski definition) is 5. The molecular formula is C22H26N4O4. The lowest BCUT2D eigenvalue weighted by Crippen LogP contribution is -2.41. The number of rotatable bonds is 8. The summed E-state index contributed by atoms with van der Waals surface area (Å²) in [5.74, 6) is -1.26. The van der Waals surface area contributed by atoms with Crippen LogP contribution in [0.2, 0.25) is 0 Å². The third-order valence-electron chi connectivity index (χ3n) is 3.78. The van der Waals surface area contributed by atoms with Gasteiger partial charge in [-0.25, -0.2) is 5.43 Å². The van der Waals surface area contributed by atoms with Gasteiger partial charge in [0.2, 0.25) is 5.91 Å². The maximum absolute atomic E-state index is 12.1. The maximum Gasteiger partial charge on any atom is 0.329 e. The zero-order valence-corrected chi connectivity index (χ0v) is 17.3. The van der Waals surface area contributed by atoms with Crippen LogP contribution in [0.1, 0.15) is 32.8 Å². The molecule has 8 nitrogen and oxygen atoms in total. The lowest BCUT2D eigenvalue weighted by atomic mass is 10.2. The Hall–Kier alpha value is -3.68. The van der Waals surface area contributed by atoms with Crippen molar-refractivity contribution in [2.24, 2.45) is 5.10 Å². The molecule has 0 heterocycles. The monoisotopic (exact) mass is 410 g/mol. The van der Waals surface area contributed by atoms with E-state index in [-0.39, 0.29) is 18.4 Å². The minimum atomic E-state index is -0.880. The predicted octanol–water partition coefficient (Wildman–Crippen LogP) is 2.61. The summed E-state index contributed by atoms with van der Waals surface area (Å²) in [6.45, 7) is 5.53. The van der Waals surface area contributed by atoms with Gasteiger partial charge in [-0.15, -0.1) is 0 Å². The highest BCUT2D eigenvalue weighted by atomic mass is 16.5. The molecule has 0 bridgehead atoms. The molecule has 0 fully saturated rings. The van der Waals surface area contributed by atoms with Crippen molar-refractivity contribution in [2.75, 3.05) is 5.32 Å². The van der Waals surface area contributed by atoms with Crippen molar-refractivity contribution in [3.63, 3.8) is 0 Å². The number of amides is 3.